The third-order valence-electron chi connectivity index (χ3n) is 1.76. The van der Waals surface area contributed by atoms with Gasteiger partial charge in [-0.3, -0.25) is 4.79 Å². The van der Waals surface area contributed by atoms with Crippen molar-refractivity contribution in [3.63, 3.8) is 0 Å². The first kappa shape index (κ1) is 14.3. The van der Waals surface area contributed by atoms with E-state index in [0.717, 1.165) is 0 Å². The zero-order chi connectivity index (χ0) is 14.1. The monoisotopic (exact) mass is 279 g/mol. The lowest BCUT2D eigenvalue weighted by molar-refractivity contribution is -0.277. The molecule has 0 radical (unpaired) electrons. The van der Waals surface area contributed by atoms with Gasteiger partial charge < -0.3 is 9.72 Å². The molecule has 1 rings (SSSR count). The third-order valence-corrected chi connectivity index (χ3v) is 1.76. The Labute approximate surface area is 94.2 Å². The van der Waals surface area contributed by atoms with Crippen LogP contribution in [0.4, 0.5) is 30.7 Å². The molecule has 0 aliphatic heterocycles. The molecular weight excluding hydrogens is 275 g/mol. The number of alkyl halides is 7. The summed E-state index contributed by atoms with van der Waals surface area (Å²) >= 11 is 0. The van der Waals surface area contributed by atoms with E-state index >= 15 is 0 Å². The van der Waals surface area contributed by atoms with E-state index in [0.29, 0.717) is 6.20 Å². The molecule has 1 heterocycles. The fraction of sp³-hybridized carbons (Fsp3) is 0.375. The van der Waals surface area contributed by atoms with Crippen molar-refractivity contribution in [1.82, 2.24) is 4.98 Å². The summed E-state index contributed by atoms with van der Waals surface area (Å²) in [5.74, 6) is -2.02. The molecule has 1 N–H and O–H groups in total. The molecule has 102 valence electrons. The van der Waals surface area contributed by atoms with Crippen LogP contribution in [0.1, 0.15) is 11.3 Å². The zero-order valence-corrected chi connectivity index (χ0v) is 8.25. The van der Waals surface area contributed by atoms with Gasteiger partial charge in [-0.15, -0.1) is 13.2 Å². The fourth-order valence-corrected chi connectivity index (χ4v) is 1.07. The van der Waals surface area contributed by atoms with Crippen molar-refractivity contribution in [3.8, 4) is 5.75 Å². The minimum atomic E-state index is -5.50. The Hall–Kier alpha value is -1.74. The zero-order valence-electron chi connectivity index (χ0n) is 8.25. The van der Waals surface area contributed by atoms with Gasteiger partial charge in [-0.25, -0.2) is 4.39 Å². The first-order chi connectivity index (χ1) is 8.06. The van der Waals surface area contributed by atoms with Crippen LogP contribution in [0.3, 0.4) is 0 Å². The lowest BCUT2D eigenvalue weighted by Crippen LogP contribution is -2.27. The summed E-state index contributed by atoms with van der Waals surface area (Å²) in [6.07, 6.45) is -10.4. The lowest BCUT2D eigenvalue weighted by atomic mass is 10.2. The summed E-state index contributed by atoms with van der Waals surface area (Å²) in [6.45, 7) is -1.53. The second-order valence-electron chi connectivity index (χ2n) is 3.03. The highest BCUT2D eigenvalue weighted by molar-refractivity contribution is 5.33. The molecule has 0 aliphatic rings. The molecule has 0 aliphatic carbocycles. The van der Waals surface area contributed by atoms with Gasteiger partial charge in [-0.2, -0.15) is 13.2 Å². The smallest absolute Gasteiger partial charge is 0.399 e. The Balaban J connectivity index is 3.46. The summed E-state index contributed by atoms with van der Waals surface area (Å²) in [6, 6.07) is 0. The molecule has 0 saturated heterocycles. The number of H-pyrrole nitrogens is 1. The number of aromatic nitrogens is 1. The minimum absolute atomic E-state index is 0.342. The first-order valence-electron chi connectivity index (χ1n) is 4.19. The van der Waals surface area contributed by atoms with E-state index < -0.39 is 41.6 Å². The normalized spacial score (nSPS) is 12.6. The van der Waals surface area contributed by atoms with E-state index in [1.807, 2.05) is 0 Å². The molecule has 0 amide bonds. The van der Waals surface area contributed by atoms with Crippen LogP contribution in [0.2, 0.25) is 0 Å². The third kappa shape index (κ3) is 3.14. The number of hydrogen-bond acceptors (Lipinski definition) is 2. The molecule has 0 atom stereocenters. The Morgan fingerprint density at radius 1 is 1.17 bits per heavy atom. The van der Waals surface area contributed by atoms with Crippen molar-refractivity contribution >= 4 is 0 Å². The Kier molecular flexibility index (Phi) is 3.58. The number of pyridine rings is 1. The Morgan fingerprint density at radius 2 is 1.72 bits per heavy atom. The lowest BCUT2D eigenvalue weighted by Gasteiger charge is -2.14. The largest absolute Gasteiger partial charge is 0.573 e. The maximum Gasteiger partial charge on any atom is 0.573 e. The van der Waals surface area contributed by atoms with Gasteiger partial charge in [0, 0.05) is 6.20 Å². The molecule has 10 heteroatoms. The predicted octanol–water partition coefficient (Wildman–Crippen LogP) is 2.76. The molecule has 0 spiro atoms. The summed E-state index contributed by atoms with van der Waals surface area (Å²) in [5, 5.41) is 0. The van der Waals surface area contributed by atoms with Gasteiger partial charge in [-0.1, -0.05) is 0 Å². The summed E-state index contributed by atoms with van der Waals surface area (Å²) in [7, 11) is 0. The molecule has 0 bridgehead atoms. The minimum Gasteiger partial charge on any atom is -0.399 e. The molecule has 18 heavy (non-hydrogen) atoms. The van der Waals surface area contributed by atoms with Crippen LogP contribution in [0.5, 0.6) is 5.75 Å². The van der Waals surface area contributed by atoms with E-state index in [1.54, 1.807) is 0 Å². The van der Waals surface area contributed by atoms with Gasteiger partial charge >= 0.3 is 12.5 Å². The molecule has 0 unspecified atom stereocenters. The summed E-state index contributed by atoms with van der Waals surface area (Å²) in [4.78, 5) is 12.5. The number of nitrogens with one attached hydrogen (secondary N) is 1. The van der Waals surface area contributed by atoms with Gasteiger partial charge in [0.15, 0.2) is 5.69 Å². The molecule has 1 aromatic rings. The van der Waals surface area contributed by atoms with Crippen molar-refractivity contribution in [2.75, 3.05) is 0 Å². The average Bonchev–Trinajstić information content (AvgIpc) is 2.17. The van der Waals surface area contributed by atoms with Crippen molar-refractivity contribution in [3.05, 3.63) is 27.7 Å². The van der Waals surface area contributed by atoms with Gasteiger partial charge in [0.05, 0.1) is 5.56 Å². The number of aromatic amines is 1. The molecule has 0 aromatic carbocycles. The quantitative estimate of drug-likeness (QED) is 0.846. The summed E-state index contributed by atoms with van der Waals surface area (Å²) in [5.41, 5.74) is -4.73. The van der Waals surface area contributed by atoms with Gasteiger partial charge in [0.2, 0.25) is 11.2 Å². The van der Waals surface area contributed by atoms with Crippen LogP contribution < -0.4 is 10.2 Å². The first-order valence-corrected chi connectivity index (χ1v) is 4.19. The van der Waals surface area contributed by atoms with E-state index in [-0.39, 0.29) is 0 Å². The predicted molar refractivity (Wildman–Crippen MR) is 43.6 cm³/mol. The van der Waals surface area contributed by atoms with E-state index in [2.05, 4.69) is 4.74 Å². The number of rotatable bonds is 2. The molecule has 3 nitrogen and oxygen atoms in total. The fourth-order valence-electron chi connectivity index (χ4n) is 1.07. The van der Waals surface area contributed by atoms with Gasteiger partial charge in [0.25, 0.3) is 0 Å². The van der Waals surface area contributed by atoms with Crippen molar-refractivity contribution in [1.29, 1.82) is 0 Å². The number of hydrogen-bond donors (Lipinski definition) is 1. The molecular formula is C8H4F7NO2. The highest BCUT2D eigenvalue weighted by Gasteiger charge is 2.42. The van der Waals surface area contributed by atoms with E-state index in [1.165, 1.54) is 4.98 Å². The topological polar surface area (TPSA) is 42.1 Å². The van der Waals surface area contributed by atoms with E-state index in [4.69, 9.17) is 0 Å². The molecule has 0 saturated carbocycles. The van der Waals surface area contributed by atoms with Crippen LogP contribution >= 0.6 is 0 Å². The van der Waals surface area contributed by atoms with Crippen LogP contribution in [0.25, 0.3) is 0 Å². The number of halogens is 7. The van der Waals surface area contributed by atoms with Crippen molar-refractivity contribution < 1.29 is 35.5 Å². The highest BCUT2D eigenvalue weighted by atomic mass is 19.4. The standard InChI is InChI=1S/C8H4F7NO2/c9-1-3-2-16-6(7(10,11)12)5(4(3)17)18-8(13,14)15/h2H,1H2,(H,16,17). The SMILES string of the molecule is O=c1c(CF)c[nH]c(C(F)(F)F)c1OC(F)(F)F. The maximum absolute atomic E-state index is 12.3. The number of ether oxygens (including phenoxy) is 1. The van der Waals surface area contributed by atoms with E-state index in [9.17, 15) is 35.5 Å². The van der Waals surface area contributed by atoms with Gasteiger partial charge in [0.1, 0.15) is 6.67 Å². The highest BCUT2D eigenvalue weighted by Crippen LogP contribution is 2.34. The van der Waals surface area contributed by atoms with Crippen molar-refractivity contribution in [2.45, 2.75) is 19.2 Å². The molecule has 1 aromatic heterocycles. The molecule has 0 fully saturated rings. The maximum atomic E-state index is 12.3. The second kappa shape index (κ2) is 4.50. The van der Waals surface area contributed by atoms with Crippen LogP contribution in [-0.4, -0.2) is 11.3 Å². The van der Waals surface area contributed by atoms with Crippen LogP contribution in [0.15, 0.2) is 11.0 Å². The van der Waals surface area contributed by atoms with Crippen molar-refractivity contribution in [2.24, 2.45) is 0 Å². The Morgan fingerprint density at radius 3 is 2.11 bits per heavy atom. The Bertz CT molecular complexity index is 488. The van der Waals surface area contributed by atoms with Crippen LogP contribution in [0, 0.1) is 0 Å². The van der Waals surface area contributed by atoms with Crippen LogP contribution in [-0.2, 0) is 12.9 Å². The average molecular weight is 279 g/mol. The van der Waals surface area contributed by atoms with Gasteiger partial charge in [-0.05, 0) is 0 Å². The second-order valence-corrected chi connectivity index (χ2v) is 3.03. The summed E-state index contributed by atoms with van der Waals surface area (Å²) < 4.78 is 87.8.